The van der Waals surface area contributed by atoms with Crippen molar-refractivity contribution in [2.24, 2.45) is 0 Å². The van der Waals surface area contributed by atoms with Crippen LogP contribution in [0.4, 0.5) is 0 Å². The molecule has 0 aromatic carbocycles. The Morgan fingerprint density at radius 1 is 1.00 bits per heavy atom. The average molecular weight is 208 g/mol. The van der Waals surface area contributed by atoms with Crippen LogP contribution in [-0.2, 0) is 53.6 Å². The molecule has 0 fully saturated rings. The fraction of sp³-hybridized carbons (Fsp3) is 0. The first-order valence-electron chi connectivity index (χ1n) is 0. The number of rotatable bonds is 0. The van der Waals surface area contributed by atoms with E-state index < -0.39 is 0 Å². The molecule has 0 aliphatic rings. The van der Waals surface area contributed by atoms with Gasteiger partial charge in [-0.2, -0.15) is 0 Å². The maximum atomic E-state index is 0. The smallest absolute Gasteiger partial charge is 0 e. The molecule has 2 radical (unpaired) electrons. The van der Waals surface area contributed by atoms with Crippen molar-refractivity contribution in [1.82, 2.24) is 0 Å². The molecule has 0 aromatic heterocycles. The van der Waals surface area contributed by atoms with Crippen LogP contribution in [0.15, 0.2) is 0 Å². The maximum Gasteiger partial charge on any atom is 0 e. The minimum Gasteiger partial charge on any atom is 0 e. The summed E-state index contributed by atoms with van der Waals surface area (Å²) in [5.41, 5.74) is 0. The fourth-order valence-electron chi connectivity index (χ4n) is 0. The van der Waals surface area contributed by atoms with Crippen molar-refractivity contribution >= 4 is 29.6 Å². The van der Waals surface area contributed by atoms with E-state index in [0.29, 0.717) is 0 Å². The van der Waals surface area contributed by atoms with Gasteiger partial charge in [-0.3, -0.25) is 0 Å². The van der Waals surface area contributed by atoms with E-state index in [2.05, 4.69) is 0 Å². The molecule has 0 amide bonds. The predicted molar refractivity (Wildman–Crippen MR) is 5.75 cm³/mol. The minimum absolute atomic E-state index is 0. The first-order chi connectivity index (χ1) is 0. The number of hydrogen-bond donors (Lipinski definition) is 0. The van der Waals surface area contributed by atoms with E-state index in [0.717, 1.165) is 0 Å². The Morgan fingerprint density at radius 3 is 1.00 bits per heavy atom. The van der Waals surface area contributed by atoms with Crippen LogP contribution < -0.4 is 0 Å². The second kappa shape index (κ2) is 17.4. The van der Waals surface area contributed by atoms with Crippen LogP contribution in [0, 0.1) is 0 Å². The third kappa shape index (κ3) is 8.82. The van der Waals surface area contributed by atoms with Gasteiger partial charge in [-0.1, -0.05) is 0 Å². The van der Waals surface area contributed by atoms with Crippen LogP contribution >= 0.6 is 0 Å². The van der Waals surface area contributed by atoms with Gasteiger partial charge in [-0.15, -0.1) is 0 Å². The second-order valence-electron chi connectivity index (χ2n) is 0. The van der Waals surface area contributed by atoms with Gasteiger partial charge < -0.3 is 0 Å². The van der Waals surface area contributed by atoms with Crippen LogP contribution in [0.5, 0.6) is 0 Å². The molecule has 0 bridgehead atoms. The van der Waals surface area contributed by atoms with E-state index >= 15 is 0 Å². The molecule has 4 heavy (non-hydrogen) atoms. The molecule has 0 saturated carbocycles. The van der Waals surface area contributed by atoms with Gasteiger partial charge in [0, 0.05) is 83.2 Å². The summed E-state index contributed by atoms with van der Waals surface area (Å²) in [6.45, 7) is 0. The van der Waals surface area contributed by atoms with Gasteiger partial charge in [-0.05, 0) is 0 Å². The molecular weight excluding hydrogens is 208 g/mol. The van der Waals surface area contributed by atoms with Gasteiger partial charge in [-0.25, -0.2) is 0 Å². The first-order valence-corrected chi connectivity index (χ1v) is 0. The summed E-state index contributed by atoms with van der Waals surface area (Å²) >= 11 is 0. The van der Waals surface area contributed by atoms with Gasteiger partial charge in [0.1, 0.15) is 0 Å². The molecule has 0 aliphatic carbocycles. The van der Waals surface area contributed by atoms with E-state index in [4.69, 9.17) is 0 Å². The van der Waals surface area contributed by atoms with Crippen molar-refractivity contribution in [3.8, 4) is 0 Å². The summed E-state index contributed by atoms with van der Waals surface area (Å²) < 4.78 is 0. The van der Waals surface area contributed by atoms with Gasteiger partial charge >= 0.3 is 0 Å². The Labute approximate surface area is 81.9 Å². The molecule has 0 nitrogen and oxygen atoms in total. The third-order valence-electron chi connectivity index (χ3n) is 0. The Hall–Kier alpha value is 2.66. The van der Waals surface area contributed by atoms with Crippen molar-refractivity contribution in [3.63, 3.8) is 0 Å². The zero-order valence-corrected chi connectivity index (χ0v) is 9.38. The first kappa shape index (κ1) is 30.1. The standard InChI is InChI=1S/Cu.Fe.Na.Zn. The van der Waals surface area contributed by atoms with Crippen molar-refractivity contribution in [2.75, 3.05) is 0 Å². The van der Waals surface area contributed by atoms with E-state index in [1.54, 1.807) is 0 Å². The molecule has 0 rings (SSSR count). The predicted octanol–water partition coefficient (Wildman–Crippen LogP) is -0.388. The summed E-state index contributed by atoms with van der Waals surface area (Å²) in [7, 11) is 0. The molecule has 0 aromatic rings. The van der Waals surface area contributed by atoms with Gasteiger partial charge in [0.2, 0.25) is 0 Å². The van der Waals surface area contributed by atoms with Crippen molar-refractivity contribution in [1.29, 1.82) is 0 Å². The maximum absolute atomic E-state index is 0. The van der Waals surface area contributed by atoms with Crippen LogP contribution in [-0.4, -0.2) is 29.6 Å². The molecule has 22 valence electrons. The van der Waals surface area contributed by atoms with E-state index in [-0.39, 0.29) is 83.2 Å². The topological polar surface area (TPSA) is 0 Å². The molecule has 4 heteroatoms. The summed E-state index contributed by atoms with van der Waals surface area (Å²) in [5.74, 6) is 0. The SMILES string of the molecule is [Cu].[Fe].[Na].[Zn]. The monoisotopic (exact) mass is 206 g/mol. The Bertz CT molecular complexity index is 8.00. The molecule has 0 spiro atoms. The number of hydrogen-bond acceptors (Lipinski definition) is 0. The molecule has 0 aliphatic heterocycles. The van der Waals surface area contributed by atoms with Crippen LogP contribution in [0.3, 0.4) is 0 Å². The fourth-order valence-corrected chi connectivity index (χ4v) is 0. The van der Waals surface area contributed by atoms with E-state index in [1.807, 2.05) is 0 Å². The average Bonchev–Trinajstić information content (AvgIpc) is 0. The molecule has 0 saturated heterocycles. The zero-order chi connectivity index (χ0) is 0. The van der Waals surface area contributed by atoms with Crippen LogP contribution in [0.1, 0.15) is 0 Å². The second-order valence-corrected chi connectivity index (χ2v) is 0. The summed E-state index contributed by atoms with van der Waals surface area (Å²) in [4.78, 5) is 0. The molecule has 0 N–H and O–H groups in total. The van der Waals surface area contributed by atoms with Crippen molar-refractivity contribution in [2.45, 2.75) is 0 Å². The normalized spacial score (nSPS) is 0. The van der Waals surface area contributed by atoms with Gasteiger partial charge in [0.25, 0.3) is 0 Å². The summed E-state index contributed by atoms with van der Waals surface area (Å²) in [5, 5.41) is 0. The Morgan fingerprint density at radius 2 is 1.00 bits per heavy atom. The van der Waals surface area contributed by atoms with Gasteiger partial charge in [0.05, 0.1) is 0 Å². The molecular formula is CuFeNaZn. The quantitative estimate of drug-likeness (QED) is 0.475. The Balaban J connectivity index is 0. The van der Waals surface area contributed by atoms with Crippen molar-refractivity contribution < 1.29 is 53.6 Å². The summed E-state index contributed by atoms with van der Waals surface area (Å²) in [6, 6.07) is 0. The van der Waals surface area contributed by atoms with Crippen LogP contribution in [0.2, 0.25) is 0 Å². The van der Waals surface area contributed by atoms with Crippen molar-refractivity contribution in [3.05, 3.63) is 0 Å². The van der Waals surface area contributed by atoms with E-state index in [1.165, 1.54) is 0 Å². The van der Waals surface area contributed by atoms with Crippen LogP contribution in [0.25, 0.3) is 0 Å². The van der Waals surface area contributed by atoms with E-state index in [9.17, 15) is 0 Å². The molecule has 0 heterocycles. The Kier molecular flexibility index (Phi) is 131. The summed E-state index contributed by atoms with van der Waals surface area (Å²) in [6.07, 6.45) is 0. The minimum atomic E-state index is 0. The largest absolute Gasteiger partial charge is 0 e. The molecule has 0 unspecified atom stereocenters. The van der Waals surface area contributed by atoms with Gasteiger partial charge in [0.15, 0.2) is 0 Å². The zero-order valence-electron chi connectivity index (χ0n) is 2.36. The molecule has 0 atom stereocenters. The third-order valence-corrected chi connectivity index (χ3v) is 0.